The second-order valence-electron chi connectivity index (χ2n) is 4.81. The van der Waals surface area contributed by atoms with Crippen LogP contribution < -0.4 is 4.57 Å². The molecule has 0 fully saturated rings. The van der Waals surface area contributed by atoms with Crippen LogP contribution >= 0.6 is 0 Å². The topological polar surface area (TPSA) is 3.88 Å². The highest BCUT2D eigenvalue weighted by atomic mass is 15.0. The van der Waals surface area contributed by atoms with Crippen molar-refractivity contribution in [2.45, 2.75) is 24.8 Å². The first kappa shape index (κ1) is 8.51. The first-order valence-corrected chi connectivity index (χ1v) is 6.04. The maximum atomic E-state index is 2.47. The molecule has 0 N–H and O–H groups in total. The summed E-state index contributed by atoms with van der Waals surface area (Å²) in [5.74, 6) is 0.627. The minimum absolute atomic E-state index is 0.581. The van der Waals surface area contributed by atoms with Crippen LogP contribution in [0, 0.1) is 0 Å². The molecule has 78 valence electrons. The highest BCUT2D eigenvalue weighted by Crippen LogP contribution is 2.44. The molecule has 1 aliphatic carbocycles. The Hall–Kier alpha value is -1.63. The Bertz CT molecular complexity index is 461. The molecule has 0 spiro atoms. The fourth-order valence-electron chi connectivity index (χ4n) is 3.41. The number of aromatic nitrogens is 1. The number of benzene rings is 1. The Morgan fingerprint density at radius 2 is 1.69 bits per heavy atom. The summed E-state index contributed by atoms with van der Waals surface area (Å²) in [5.41, 5.74) is 4.60. The minimum atomic E-state index is 0.581. The molecule has 2 aliphatic heterocycles. The third-order valence-electron chi connectivity index (χ3n) is 4.07. The lowest BCUT2D eigenvalue weighted by Gasteiger charge is -2.34. The van der Waals surface area contributed by atoms with Crippen LogP contribution in [0.15, 0.2) is 48.7 Å². The Morgan fingerprint density at radius 1 is 0.875 bits per heavy atom. The molecule has 16 heavy (non-hydrogen) atoms. The number of fused-ring (bicyclic) bond motifs is 1. The number of rotatable bonds is 0. The van der Waals surface area contributed by atoms with Gasteiger partial charge in [0.05, 0.1) is 5.92 Å². The lowest BCUT2D eigenvalue weighted by Crippen LogP contribution is -2.51. The molecule has 0 amide bonds. The molecule has 1 nitrogen and oxygen atoms in total. The van der Waals surface area contributed by atoms with Gasteiger partial charge in [0, 0.05) is 24.1 Å². The van der Waals surface area contributed by atoms with Crippen LogP contribution in [0.25, 0.3) is 0 Å². The number of hydrogen-bond donors (Lipinski definition) is 0. The highest BCUT2D eigenvalue weighted by Gasteiger charge is 2.42. The Morgan fingerprint density at radius 3 is 2.62 bits per heavy atom. The second-order valence-corrected chi connectivity index (χ2v) is 4.81. The molecule has 1 aromatic heterocycles. The van der Waals surface area contributed by atoms with Crippen molar-refractivity contribution in [1.29, 1.82) is 0 Å². The van der Waals surface area contributed by atoms with Crippen LogP contribution in [0.3, 0.4) is 0 Å². The molecule has 2 bridgehead atoms. The van der Waals surface area contributed by atoms with E-state index in [-0.39, 0.29) is 0 Å². The maximum Gasteiger partial charge on any atom is 0.189 e. The molecular weight excluding hydrogens is 194 g/mol. The molecule has 1 heteroatoms. The number of pyridine rings is 1. The van der Waals surface area contributed by atoms with E-state index in [0.29, 0.717) is 12.0 Å². The largest absolute Gasteiger partial charge is 0.195 e. The summed E-state index contributed by atoms with van der Waals surface area (Å²) in [6.07, 6.45) is 4.84. The fraction of sp³-hybridized carbons (Fsp3) is 0.267. The van der Waals surface area contributed by atoms with E-state index in [1.54, 1.807) is 11.1 Å². The normalized spacial score (nSPS) is 25.0. The first-order valence-electron chi connectivity index (χ1n) is 6.04. The second kappa shape index (κ2) is 2.94. The molecule has 2 atom stereocenters. The van der Waals surface area contributed by atoms with Crippen LogP contribution in [0.4, 0.5) is 0 Å². The van der Waals surface area contributed by atoms with Gasteiger partial charge < -0.3 is 0 Å². The van der Waals surface area contributed by atoms with Crippen molar-refractivity contribution in [2.24, 2.45) is 0 Å². The van der Waals surface area contributed by atoms with Crippen molar-refractivity contribution in [1.82, 2.24) is 0 Å². The average Bonchev–Trinajstić information content (AvgIpc) is 2.40. The monoisotopic (exact) mass is 208 g/mol. The molecule has 0 radical (unpaired) electrons. The molecule has 0 saturated heterocycles. The summed E-state index contributed by atoms with van der Waals surface area (Å²) in [5, 5.41) is 0. The average molecular weight is 208 g/mol. The van der Waals surface area contributed by atoms with Gasteiger partial charge in [-0.25, -0.2) is 0 Å². The zero-order chi connectivity index (χ0) is 10.5. The first-order chi connectivity index (χ1) is 7.95. The quantitative estimate of drug-likeness (QED) is 0.586. The van der Waals surface area contributed by atoms with E-state index in [0.717, 1.165) is 0 Å². The van der Waals surface area contributed by atoms with E-state index < -0.39 is 0 Å². The molecule has 2 aromatic rings. The standard InChI is InChI=1S/C15H14N/c1-2-6-12-11(5-1)13-8-9-15(12)16-10-4-3-7-14(13)16/h1-7,10,13,15H,8-9H2/q+1/t13-,15+/m1/s1. The smallest absolute Gasteiger partial charge is 0.189 e. The summed E-state index contributed by atoms with van der Waals surface area (Å²) in [4.78, 5) is 0. The molecule has 3 aliphatic rings. The lowest BCUT2D eigenvalue weighted by molar-refractivity contribution is -0.730. The molecule has 0 unspecified atom stereocenters. The van der Waals surface area contributed by atoms with Gasteiger partial charge in [0.25, 0.3) is 0 Å². The van der Waals surface area contributed by atoms with Gasteiger partial charge in [0.15, 0.2) is 17.9 Å². The van der Waals surface area contributed by atoms with Gasteiger partial charge in [-0.05, 0) is 12.0 Å². The zero-order valence-electron chi connectivity index (χ0n) is 9.13. The van der Waals surface area contributed by atoms with Gasteiger partial charge in [-0.15, -0.1) is 0 Å². The van der Waals surface area contributed by atoms with E-state index in [1.807, 2.05) is 0 Å². The van der Waals surface area contributed by atoms with Crippen molar-refractivity contribution in [3.8, 4) is 0 Å². The summed E-state index contributed by atoms with van der Waals surface area (Å²) in [6.45, 7) is 0. The van der Waals surface area contributed by atoms with Crippen LogP contribution in [-0.2, 0) is 0 Å². The molecule has 5 rings (SSSR count). The Balaban J connectivity index is 2.04. The highest BCUT2D eigenvalue weighted by molar-refractivity contribution is 5.40. The van der Waals surface area contributed by atoms with Crippen molar-refractivity contribution < 1.29 is 4.57 Å². The summed E-state index contributed by atoms with van der Waals surface area (Å²) in [7, 11) is 0. The van der Waals surface area contributed by atoms with E-state index in [4.69, 9.17) is 0 Å². The molecule has 0 saturated carbocycles. The number of nitrogens with zero attached hydrogens (tertiary/aromatic N) is 1. The molecule has 1 aromatic carbocycles. The van der Waals surface area contributed by atoms with Crippen molar-refractivity contribution >= 4 is 0 Å². The third-order valence-corrected chi connectivity index (χ3v) is 4.07. The third kappa shape index (κ3) is 0.934. The lowest BCUT2D eigenvalue weighted by atomic mass is 9.74. The van der Waals surface area contributed by atoms with E-state index in [9.17, 15) is 0 Å². The predicted octanol–water partition coefficient (Wildman–Crippen LogP) is 2.80. The number of hydrogen-bond acceptors (Lipinski definition) is 0. The van der Waals surface area contributed by atoms with Crippen molar-refractivity contribution in [3.05, 3.63) is 65.5 Å². The van der Waals surface area contributed by atoms with Gasteiger partial charge in [0.1, 0.15) is 0 Å². The summed E-state index contributed by atoms with van der Waals surface area (Å²) < 4.78 is 2.47. The van der Waals surface area contributed by atoms with Gasteiger partial charge in [0.2, 0.25) is 0 Å². The van der Waals surface area contributed by atoms with Crippen LogP contribution in [-0.4, -0.2) is 0 Å². The Kier molecular flexibility index (Phi) is 1.57. The summed E-state index contributed by atoms with van der Waals surface area (Å²) >= 11 is 0. The van der Waals surface area contributed by atoms with Gasteiger partial charge >= 0.3 is 0 Å². The van der Waals surface area contributed by atoms with Crippen LogP contribution in [0.5, 0.6) is 0 Å². The SMILES string of the molecule is c1ccc2c(c1)[C@H]1CC[C@@H]2[n+]2ccccc21. The van der Waals surface area contributed by atoms with Gasteiger partial charge in [-0.3, -0.25) is 0 Å². The maximum absolute atomic E-state index is 2.47. The van der Waals surface area contributed by atoms with Gasteiger partial charge in [-0.1, -0.05) is 30.3 Å². The fourth-order valence-corrected chi connectivity index (χ4v) is 3.41. The zero-order valence-corrected chi connectivity index (χ0v) is 9.13. The van der Waals surface area contributed by atoms with Crippen LogP contribution in [0.2, 0.25) is 0 Å². The van der Waals surface area contributed by atoms with E-state index in [1.165, 1.54) is 18.5 Å². The van der Waals surface area contributed by atoms with E-state index >= 15 is 0 Å². The summed E-state index contributed by atoms with van der Waals surface area (Å²) in [6, 6.07) is 16.1. The van der Waals surface area contributed by atoms with Gasteiger partial charge in [-0.2, -0.15) is 4.57 Å². The Labute approximate surface area is 95.4 Å². The van der Waals surface area contributed by atoms with E-state index in [2.05, 4.69) is 53.2 Å². The molecular formula is C15H14N+. The minimum Gasteiger partial charge on any atom is -0.195 e. The predicted molar refractivity (Wildman–Crippen MR) is 62.3 cm³/mol. The molecule has 3 heterocycles. The van der Waals surface area contributed by atoms with Crippen LogP contribution in [0.1, 0.15) is 41.6 Å². The van der Waals surface area contributed by atoms with Crippen molar-refractivity contribution in [2.75, 3.05) is 0 Å². The van der Waals surface area contributed by atoms with Crippen molar-refractivity contribution in [3.63, 3.8) is 0 Å².